The summed E-state index contributed by atoms with van der Waals surface area (Å²) in [7, 11) is 0. The molecule has 42 heavy (non-hydrogen) atoms. The summed E-state index contributed by atoms with van der Waals surface area (Å²) in [5.74, 6) is 1.87. The van der Waals surface area contributed by atoms with Crippen molar-refractivity contribution in [2.45, 2.75) is 161 Å². The van der Waals surface area contributed by atoms with Gasteiger partial charge in [0.15, 0.2) is 0 Å². The first-order chi connectivity index (χ1) is 20.7. The molecule has 0 aliphatic rings. The number of aryl methyl sites for hydroxylation is 1. The molecule has 2 nitrogen and oxygen atoms in total. The minimum Gasteiger partial charge on any atom is -0.247 e. The molecule has 2 atom stereocenters. The van der Waals surface area contributed by atoms with Crippen molar-refractivity contribution in [1.82, 2.24) is 4.98 Å². The summed E-state index contributed by atoms with van der Waals surface area (Å²) in [5.41, 5.74) is 2.90. The van der Waals surface area contributed by atoms with Gasteiger partial charge in [-0.2, -0.15) is 0 Å². The minimum absolute atomic E-state index is 0.00876. The van der Waals surface area contributed by atoms with E-state index in [1.54, 1.807) is 0 Å². The van der Waals surface area contributed by atoms with Crippen molar-refractivity contribution in [3.8, 4) is 0 Å². The molecule has 3 aromatic rings. The fourth-order valence-electron chi connectivity index (χ4n) is 6.97. The maximum absolute atomic E-state index is 3.78. The second-order valence-electron chi connectivity index (χ2n) is 13.1. The molecule has 0 radical (unpaired) electrons. The number of imidazole rings is 1. The van der Waals surface area contributed by atoms with E-state index in [1.807, 2.05) is 0 Å². The number of unbranched alkanes of at least 4 members (excludes halogenated alkanes) is 15. The van der Waals surface area contributed by atoms with Gasteiger partial charge in [-0.1, -0.05) is 178 Å². The molecule has 1 N–H and O–H groups in total. The first kappa shape index (κ1) is 34.1. The molecule has 2 unspecified atom stereocenters. The van der Waals surface area contributed by atoms with Crippen molar-refractivity contribution in [3.05, 3.63) is 90.0 Å². The molecule has 1 aromatic heterocycles. The monoisotopic (exact) mass is 571 g/mol. The quantitative estimate of drug-likeness (QED) is 0.0815. The van der Waals surface area contributed by atoms with E-state index in [4.69, 9.17) is 0 Å². The molecule has 0 saturated carbocycles. The molecular formula is C40H63N2+. The lowest BCUT2D eigenvalue weighted by atomic mass is 9.66. The Morgan fingerprint density at radius 3 is 1.69 bits per heavy atom. The molecule has 2 aromatic carbocycles. The summed E-state index contributed by atoms with van der Waals surface area (Å²) < 4.78 is 2.56. The number of hydrogen-bond acceptors (Lipinski definition) is 0. The van der Waals surface area contributed by atoms with E-state index in [0.717, 1.165) is 13.0 Å². The van der Waals surface area contributed by atoms with Crippen molar-refractivity contribution >= 4 is 0 Å². The third kappa shape index (κ3) is 11.7. The van der Waals surface area contributed by atoms with E-state index in [-0.39, 0.29) is 5.41 Å². The molecule has 232 valence electrons. The second kappa shape index (κ2) is 20.5. The van der Waals surface area contributed by atoms with Gasteiger partial charge in [-0.05, 0) is 36.8 Å². The van der Waals surface area contributed by atoms with Crippen LogP contribution in [0.5, 0.6) is 0 Å². The maximum atomic E-state index is 3.78. The Morgan fingerprint density at radius 1 is 0.619 bits per heavy atom. The Balaban J connectivity index is 1.71. The van der Waals surface area contributed by atoms with Gasteiger partial charge < -0.3 is 0 Å². The van der Waals surface area contributed by atoms with Gasteiger partial charge >= 0.3 is 0 Å². The number of nitrogens with one attached hydrogen (secondary N) is 1. The lowest BCUT2D eigenvalue weighted by molar-refractivity contribution is -0.705. The Labute approximate surface area is 259 Å². The average molecular weight is 572 g/mol. The molecule has 0 bridgehead atoms. The van der Waals surface area contributed by atoms with Gasteiger partial charge in [0.05, 0.1) is 12.5 Å². The first-order valence-corrected chi connectivity index (χ1v) is 17.8. The van der Waals surface area contributed by atoms with Gasteiger partial charge in [0, 0.05) is 5.41 Å². The van der Waals surface area contributed by atoms with E-state index >= 15 is 0 Å². The minimum atomic E-state index is 0.00876. The molecule has 2 heteroatoms. The van der Waals surface area contributed by atoms with Gasteiger partial charge in [0.25, 0.3) is 5.82 Å². The van der Waals surface area contributed by atoms with E-state index in [2.05, 4.69) is 103 Å². The van der Waals surface area contributed by atoms with Gasteiger partial charge in [-0.25, -0.2) is 9.55 Å². The van der Waals surface area contributed by atoms with E-state index < -0.39 is 0 Å². The average Bonchev–Trinajstić information content (AvgIpc) is 3.48. The molecule has 3 rings (SSSR count). The molecule has 0 aliphatic carbocycles. The largest absolute Gasteiger partial charge is 0.258 e. The van der Waals surface area contributed by atoms with Crippen LogP contribution in [0.25, 0.3) is 0 Å². The van der Waals surface area contributed by atoms with Gasteiger partial charge in [-0.3, -0.25) is 0 Å². The standard InChI is InChI=1S/C40H62N2/c1-4-6-8-10-12-13-14-15-16-17-25-31-38(39-41-32-34-42(39)33-26-18-11-9-7-5-2)40(3,37-29-23-20-24-30-37)35-36-27-21-19-22-28-36/h19-24,27-30,32,34,38H,4-18,25-26,31,33,35H2,1-3H3/p+1. The number of benzene rings is 2. The summed E-state index contributed by atoms with van der Waals surface area (Å²) >= 11 is 0. The SMILES string of the molecule is CCCCCCCCCCCCCC(c1[nH]cc[n+]1CCCCCCCC)C(C)(Cc1ccccc1)c1ccccc1. The topological polar surface area (TPSA) is 19.7 Å². The van der Waals surface area contributed by atoms with Gasteiger partial charge in [0.1, 0.15) is 12.4 Å². The first-order valence-electron chi connectivity index (χ1n) is 17.8. The van der Waals surface area contributed by atoms with Crippen molar-refractivity contribution < 1.29 is 4.57 Å². The van der Waals surface area contributed by atoms with Crippen LogP contribution in [0.3, 0.4) is 0 Å². The van der Waals surface area contributed by atoms with Crippen molar-refractivity contribution in [1.29, 1.82) is 0 Å². The molecule has 0 spiro atoms. The summed E-state index contributed by atoms with van der Waals surface area (Å²) in [4.78, 5) is 3.78. The summed E-state index contributed by atoms with van der Waals surface area (Å²) in [6.45, 7) is 8.26. The van der Waals surface area contributed by atoms with Crippen LogP contribution in [-0.4, -0.2) is 4.98 Å². The van der Waals surface area contributed by atoms with E-state index in [1.165, 1.54) is 133 Å². The molecule has 0 saturated heterocycles. The Hall–Kier alpha value is -2.35. The molecule has 0 amide bonds. The van der Waals surface area contributed by atoms with Crippen LogP contribution in [0, 0.1) is 0 Å². The number of rotatable bonds is 24. The Kier molecular flexibility index (Phi) is 16.7. The van der Waals surface area contributed by atoms with Crippen LogP contribution in [0.1, 0.15) is 159 Å². The smallest absolute Gasteiger partial charge is 0.247 e. The third-order valence-electron chi connectivity index (χ3n) is 9.59. The van der Waals surface area contributed by atoms with Crippen LogP contribution in [0.15, 0.2) is 73.1 Å². The van der Waals surface area contributed by atoms with Crippen molar-refractivity contribution in [3.63, 3.8) is 0 Å². The fraction of sp³-hybridized carbons (Fsp3) is 0.625. The zero-order valence-electron chi connectivity index (χ0n) is 27.6. The number of aromatic nitrogens is 2. The molecule has 0 aliphatic heterocycles. The van der Waals surface area contributed by atoms with Crippen LogP contribution >= 0.6 is 0 Å². The predicted molar refractivity (Wildman–Crippen MR) is 182 cm³/mol. The lowest BCUT2D eigenvalue weighted by Crippen LogP contribution is -2.43. The fourth-order valence-corrected chi connectivity index (χ4v) is 6.97. The normalized spacial score (nSPS) is 13.7. The number of H-pyrrole nitrogens is 1. The van der Waals surface area contributed by atoms with E-state index in [9.17, 15) is 0 Å². The highest BCUT2D eigenvalue weighted by Gasteiger charge is 2.41. The van der Waals surface area contributed by atoms with Crippen LogP contribution < -0.4 is 4.57 Å². The zero-order chi connectivity index (χ0) is 29.7. The molecule has 1 heterocycles. The third-order valence-corrected chi connectivity index (χ3v) is 9.59. The highest BCUT2D eigenvalue weighted by molar-refractivity contribution is 5.32. The Morgan fingerprint density at radius 2 is 1.12 bits per heavy atom. The number of aromatic amines is 1. The molecular weight excluding hydrogens is 508 g/mol. The molecule has 0 fully saturated rings. The van der Waals surface area contributed by atoms with Gasteiger partial charge in [0.2, 0.25) is 0 Å². The maximum Gasteiger partial charge on any atom is 0.258 e. The summed E-state index contributed by atoms with van der Waals surface area (Å²) in [5, 5.41) is 0. The van der Waals surface area contributed by atoms with Crippen molar-refractivity contribution in [2.24, 2.45) is 0 Å². The highest BCUT2D eigenvalue weighted by atomic mass is 15.1. The van der Waals surface area contributed by atoms with Crippen LogP contribution in [-0.2, 0) is 18.4 Å². The second-order valence-corrected chi connectivity index (χ2v) is 13.1. The highest BCUT2D eigenvalue weighted by Crippen LogP contribution is 2.43. The van der Waals surface area contributed by atoms with Gasteiger partial charge in [-0.15, -0.1) is 0 Å². The Bertz CT molecular complexity index is 1040. The zero-order valence-corrected chi connectivity index (χ0v) is 27.6. The predicted octanol–water partition coefficient (Wildman–Crippen LogP) is 11.6. The number of nitrogens with zero attached hydrogens (tertiary/aromatic N) is 1. The summed E-state index contributed by atoms with van der Waals surface area (Å²) in [6, 6.07) is 22.6. The summed E-state index contributed by atoms with van der Waals surface area (Å²) in [6.07, 6.45) is 30.1. The van der Waals surface area contributed by atoms with Crippen LogP contribution in [0.4, 0.5) is 0 Å². The van der Waals surface area contributed by atoms with E-state index in [0.29, 0.717) is 5.92 Å². The van der Waals surface area contributed by atoms with Crippen molar-refractivity contribution in [2.75, 3.05) is 0 Å². The van der Waals surface area contributed by atoms with Crippen LogP contribution in [0.2, 0.25) is 0 Å². The number of hydrogen-bond donors (Lipinski definition) is 1. The lowest BCUT2D eigenvalue weighted by Gasteiger charge is -2.37.